The summed E-state index contributed by atoms with van der Waals surface area (Å²) in [5.41, 5.74) is 3.36. The highest BCUT2D eigenvalue weighted by atomic mass is 16.5. The van der Waals surface area contributed by atoms with Crippen molar-refractivity contribution in [3.63, 3.8) is 0 Å². The molecular weight excluding hydrogens is 470 g/mol. The summed E-state index contributed by atoms with van der Waals surface area (Å²) in [4.78, 5) is 27.7. The van der Waals surface area contributed by atoms with E-state index in [0.717, 1.165) is 11.1 Å². The summed E-state index contributed by atoms with van der Waals surface area (Å²) in [6.07, 6.45) is 0.553. The number of ether oxygens (including phenoxy) is 3. The van der Waals surface area contributed by atoms with Crippen LogP contribution in [0.1, 0.15) is 34.7 Å². The molecule has 0 saturated carbocycles. The Kier molecular flexibility index (Phi) is 8.25. The molecule has 0 unspecified atom stereocenters. The van der Waals surface area contributed by atoms with Crippen molar-refractivity contribution in [2.75, 3.05) is 27.4 Å². The second-order valence-corrected chi connectivity index (χ2v) is 8.92. The lowest BCUT2D eigenvalue weighted by Gasteiger charge is -2.25. The first-order chi connectivity index (χ1) is 17.9. The maximum atomic E-state index is 13.2. The number of amides is 1. The first-order valence-electron chi connectivity index (χ1n) is 12.1. The molecule has 0 radical (unpaired) electrons. The van der Waals surface area contributed by atoms with Gasteiger partial charge < -0.3 is 24.2 Å². The van der Waals surface area contributed by atoms with Gasteiger partial charge in [0.15, 0.2) is 0 Å². The SMILES string of the molecule is COCCCN1C(=O)C(=O)/C(=C(/O)c2ccc(OCc3cccc(C)c3)cc2)[C@@H]1c1cccc(OC)c1. The molecule has 3 aromatic rings. The predicted octanol–water partition coefficient (Wildman–Crippen LogP) is 5.04. The molecule has 7 heteroatoms. The molecule has 1 amide bonds. The van der Waals surface area contributed by atoms with Crippen molar-refractivity contribution in [2.24, 2.45) is 0 Å². The summed E-state index contributed by atoms with van der Waals surface area (Å²) >= 11 is 0. The van der Waals surface area contributed by atoms with Gasteiger partial charge in [0.1, 0.15) is 23.9 Å². The van der Waals surface area contributed by atoms with Crippen LogP contribution in [0.3, 0.4) is 0 Å². The van der Waals surface area contributed by atoms with Crippen LogP contribution in [0.4, 0.5) is 0 Å². The third kappa shape index (κ3) is 5.84. The van der Waals surface area contributed by atoms with Crippen LogP contribution in [-0.2, 0) is 20.9 Å². The quantitative estimate of drug-likeness (QED) is 0.181. The van der Waals surface area contributed by atoms with Crippen LogP contribution in [0.15, 0.2) is 78.4 Å². The van der Waals surface area contributed by atoms with Crippen molar-refractivity contribution in [1.29, 1.82) is 0 Å². The van der Waals surface area contributed by atoms with Gasteiger partial charge in [0, 0.05) is 25.8 Å². The van der Waals surface area contributed by atoms with Gasteiger partial charge in [-0.1, -0.05) is 42.0 Å². The van der Waals surface area contributed by atoms with Gasteiger partial charge in [0.2, 0.25) is 0 Å². The Morgan fingerprint density at radius 2 is 1.70 bits per heavy atom. The van der Waals surface area contributed by atoms with E-state index in [1.165, 1.54) is 4.90 Å². The molecule has 1 aliphatic rings. The Hall–Kier alpha value is -4.10. The first-order valence-corrected chi connectivity index (χ1v) is 12.1. The van der Waals surface area contributed by atoms with Crippen LogP contribution in [0.2, 0.25) is 0 Å². The van der Waals surface area contributed by atoms with Crippen molar-refractivity contribution < 1.29 is 28.9 Å². The molecule has 37 heavy (non-hydrogen) atoms. The number of methoxy groups -OCH3 is 2. The molecule has 1 atom stereocenters. The van der Waals surface area contributed by atoms with E-state index >= 15 is 0 Å². The Morgan fingerprint density at radius 1 is 0.946 bits per heavy atom. The Bertz CT molecular complexity index is 1300. The van der Waals surface area contributed by atoms with E-state index in [0.29, 0.717) is 48.8 Å². The number of ketones is 1. The largest absolute Gasteiger partial charge is 0.507 e. The maximum Gasteiger partial charge on any atom is 0.295 e. The van der Waals surface area contributed by atoms with Gasteiger partial charge in [0.05, 0.1) is 18.7 Å². The highest BCUT2D eigenvalue weighted by Crippen LogP contribution is 2.40. The average molecular weight is 502 g/mol. The van der Waals surface area contributed by atoms with Gasteiger partial charge in [-0.3, -0.25) is 9.59 Å². The second kappa shape index (κ2) is 11.8. The van der Waals surface area contributed by atoms with Crippen LogP contribution in [0.5, 0.6) is 11.5 Å². The van der Waals surface area contributed by atoms with E-state index in [-0.39, 0.29) is 11.3 Å². The fraction of sp³-hybridized carbons (Fsp3) is 0.267. The molecule has 0 bridgehead atoms. The molecule has 3 aromatic carbocycles. The minimum atomic E-state index is -0.746. The smallest absolute Gasteiger partial charge is 0.295 e. The number of benzene rings is 3. The number of hydrogen-bond donors (Lipinski definition) is 1. The molecule has 1 N–H and O–H groups in total. The number of aliphatic hydroxyl groups is 1. The zero-order valence-electron chi connectivity index (χ0n) is 21.3. The maximum absolute atomic E-state index is 13.2. The Morgan fingerprint density at radius 3 is 2.41 bits per heavy atom. The minimum Gasteiger partial charge on any atom is -0.507 e. The minimum absolute atomic E-state index is 0.0455. The summed E-state index contributed by atoms with van der Waals surface area (Å²) < 4.78 is 16.4. The topological polar surface area (TPSA) is 85.3 Å². The van der Waals surface area contributed by atoms with E-state index in [4.69, 9.17) is 14.2 Å². The molecule has 0 aromatic heterocycles. The highest BCUT2D eigenvalue weighted by molar-refractivity contribution is 6.46. The third-order valence-electron chi connectivity index (χ3n) is 6.31. The number of rotatable bonds is 10. The van der Waals surface area contributed by atoms with Crippen molar-refractivity contribution >= 4 is 17.4 Å². The van der Waals surface area contributed by atoms with Crippen molar-refractivity contribution in [3.05, 3.63) is 101 Å². The van der Waals surface area contributed by atoms with E-state index < -0.39 is 17.7 Å². The van der Waals surface area contributed by atoms with Gasteiger partial charge in [-0.05, 0) is 60.9 Å². The Balaban J connectivity index is 1.64. The van der Waals surface area contributed by atoms with Gasteiger partial charge >= 0.3 is 0 Å². The second-order valence-electron chi connectivity index (χ2n) is 8.92. The number of carbonyl (C=O) groups is 2. The van der Waals surface area contributed by atoms with Crippen LogP contribution in [0.25, 0.3) is 5.76 Å². The fourth-order valence-corrected chi connectivity index (χ4v) is 4.48. The third-order valence-corrected chi connectivity index (χ3v) is 6.31. The monoisotopic (exact) mass is 501 g/mol. The molecule has 1 aliphatic heterocycles. The summed E-state index contributed by atoms with van der Waals surface area (Å²) in [5.74, 6) is -0.380. The molecule has 192 valence electrons. The summed E-state index contributed by atoms with van der Waals surface area (Å²) in [6, 6.07) is 21.3. The number of likely N-dealkylation sites (tertiary alicyclic amines) is 1. The number of Topliss-reactive ketones (excluding diaryl/α,β-unsaturated/α-hetero) is 1. The van der Waals surface area contributed by atoms with E-state index in [1.807, 2.05) is 31.2 Å². The number of nitrogens with zero attached hydrogens (tertiary/aromatic N) is 1. The number of carbonyl (C=O) groups excluding carboxylic acids is 2. The standard InChI is InChI=1S/C30H31NO6/c1-20-7-4-8-21(17-20)19-37-24-13-11-22(12-14-24)28(32)26-27(23-9-5-10-25(18-23)36-3)31(15-6-16-35-2)30(34)29(26)33/h4-5,7-14,17-18,27,32H,6,15-16,19H2,1-3H3/b28-26+/t27-/m0/s1. The molecule has 0 spiro atoms. The normalized spacial score (nSPS) is 16.7. The molecule has 7 nitrogen and oxygen atoms in total. The number of aliphatic hydroxyl groups excluding tert-OH is 1. The van der Waals surface area contributed by atoms with Crippen LogP contribution < -0.4 is 9.47 Å². The lowest BCUT2D eigenvalue weighted by molar-refractivity contribution is -0.140. The van der Waals surface area contributed by atoms with Gasteiger partial charge in [-0.15, -0.1) is 0 Å². The molecule has 1 heterocycles. The van der Waals surface area contributed by atoms with E-state index in [1.54, 1.807) is 56.7 Å². The van der Waals surface area contributed by atoms with Crippen molar-refractivity contribution in [2.45, 2.75) is 26.0 Å². The molecule has 4 rings (SSSR count). The molecular formula is C30H31NO6. The zero-order valence-corrected chi connectivity index (χ0v) is 21.3. The predicted molar refractivity (Wildman–Crippen MR) is 140 cm³/mol. The average Bonchev–Trinajstić information content (AvgIpc) is 3.17. The zero-order chi connectivity index (χ0) is 26.4. The molecule has 0 aliphatic carbocycles. The van der Waals surface area contributed by atoms with Crippen molar-refractivity contribution in [3.8, 4) is 11.5 Å². The first kappa shape index (κ1) is 26.0. The lowest BCUT2D eigenvalue weighted by atomic mass is 9.95. The Labute approximate surface area is 216 Å². The van der Waals surface area contributed by atoms with Crippen molar-refractivity contribution in [1.82, 2.24) is 4.90 Å². The lowest BCUT2D eigenvalue weighted by Crippen LogP contribution is -2.31. The van der Waals surface area contributed by atoms with E-state index in [2.05, 4.69) is 6.07 Å². The van der Waals surface area contributed by atoms with Crippen LogP contribution >= 0.6 is 0 Å². The number of aryl methyl sites for hydroxylation is 1. The van der Waals surface area contributed by atoms with E-state index in [9.17, 15) is 14.7 Å². The summed E-state index contributed by atoms with van der Waals surface area (Å²) in [7, 11) is 3.14. The molecule has 1 saturated heterocycles. The summed E-state index contributed by atoms with van der Waals surface area (Å²) in [6.45, 7) is 3.19. The summed E-state index contributed by atoms with van der Waals surface area (Å²) in [5, 5.41) is 11.3. The van der Waals surface area contributed by atoms with Crippen LogP contribution in [0, 0.1) is 6.92 Å². The van der Waals surface area contributed by atoms with Gasteiger partial charge in [0.25, 0.3) is 11.7 Å². The molecule has 1 fully saturated rings. The van der Waals surface area contributed by atoms with Gasteiger partial charge in [-0.25, -0.2) is 0 Å². The highest BCUT2D eigenvalue weighted by Gasteiger charge is 2.45. The van der Waals surface area contributed by atoms with Gasteiger partial charge in [-0.2, -0.15) is 0 Å². The van der Waals surface area contributed by atoms with Crippen LogP contribution in [-0.4, -0.2) is 49.1 Å². The number of hydrogen-bond acceptors (Lipinski definition) is 6. The fourth-order valence-electron chi connectivity index (χ4n) is 4.48.